The number of aryl methyl sites for hydroxylation is 1. The first-order chi connectivity index (χ1) is 14.9. The second-order valence-corrected chi connectivity index (χ2v) is 9.68. The van der Waals surface area contributed by atoms with Crippen LogP contribution < -0.4 is 9.47 Å². The molecule has 31 heavy (non-hydrogen) atoms. The molecule has 0 saturated heterocycles. The number of methoxy groups -OCH3 is 1. The first kappa shape index (κ1) is 24.0. The monoisotopic (exact) mass is 447 g/mol. The van der Waals surface area contributed by atoms with Gasteiger partial charge >= 0.3 is 0 Å². The largest absolute Gasteiger partial charge is 0.493 e. The average molecular weight is 448 g/mol. The number of nitrogens with zero attached hydrogens (tertiary/aromatic N) is 3. The first-order valence-corrected chi connectivity index (χ1v) is 12.1. The van der Waals surface area contributed by atoms with Gasteiger partial charge in [0, 0.05) is 30.2 Å². The Morgan fingerprint density at radius 2 is 1.94 bits per heavy atom. The number of hydrogen-bond acceptors (Lipinski definition) is 7. The topological polar surface area (TPSA) is 58.1 Å². The minimum absolute atomic E-state index is 0.260. The predicted molar refractivity (Wildman–Crippen MR) is 126 cm³/mol. The summed E-state index contributed by atoms with van der Waals surface area (Å²) < 4.78 is 11.5. The van der Waals surface area contributed by atoms with Gasteiger partial charge in [0.1, 0.15) is 17.7 Å². The van der Waals surface area contributed by atoms with Crippen molar-refractivity contribution in [3.05, 3.63) is 39.8 Å². The van der Waals surface area contributed by atoms with E-state index in [1.807, 2.05) is 19.1 Å². The van der Waals surface area contributed by atoms with Gasteiger partial charge in [-0.1, -0.05) is 25.3 Å². The highest BCUT2D eigenvalue weighted by molar-refractivity contribution is 7.09. The lowest BCUT2D eigenvalue weighted by atomic mass is 9.94. The number of thiazole rings is 1. The van der Waals surface area contributed by atoms with E-state index in [2.05, 4.69) is 40.3 Å². The van der Waals surface area contributed by atoms with Gasteiger partial charge in [0.2, 0.25) is 0 Å². The van der Waals surface area contributed by atoms with Gasteiger partial charge in [-0.05, 0) is 51.6 Å². The number of aromatic nitrogens is 1. The maximum atomic E-state index is 10.5. The number of rotatable bonds is 11. The summed E-state index contributed by atoms with van der Waals surface area (Å²) >= 11 is 1.70. The van der Waals surface area contributed by atoms with E-state index in [1.165, 1.54) is 32.1 Å². The van der Waals surface area contributed by atoms with Crippen LogP contribution in [0, 0.1) is 6.92 Å². The lowest BCUT2D eigenvalue weighted by molar-refractivity contribution is 0.0553. The number of ether oxygens (including phenoxy) is 2. The molecule has 1 aromatic heterocycles. The molecule has 0 spiro atoms. The fraction of sp³-hybridized carbons (Fsp3) is 0.625. The Balaban J connectivity index is 1.49. The molecule has 0 aliphatic heterocycles. The van der Waals surface area contributed by atoms with Gasteiger partial charge in [-0.15, -0.1) is 11.3 Å². The van der Waals surface area contributed by atoms with Gasteiger partial charge in [-0.2, -0.15) is 0 Å². The number of aliphatic hydroxyl groups excluding tert-OH is 1. The number of likely N-dealkylation sites (N-methyl/N-ethyl adjacent to an activating group) is 1. The third-order valence-corrected chi connectivity index (χ3v) is 6.83. The summed E-state index contributed by atoms with van der Waals surface area (Å²) in [4.78, 5) is 9.06. The van der Waals surface area contributed by atoms with Crippen LogP contribution in [-0.4, -0.2) is 66.4 Å². The molecule has 1 saturated carbocycles. The van der Waals surface area contributed by atoms with Gasteiger partial charge in [-0.25, -0.2) is 4.98 Å². The van der Waals surface area contributed by atoms with Crippen LogP contribution in [0.2, 0.25) is 0 Å². The highest BCUT2D eigenvalue weighted by Gasteiger charge is 2.20. The van der Waals surface area contributed by atoms with Gasteiger partial charge < -0.3 is 19.5 Å². The van der Waals surface area contributed by atoms with Crippen LogP contribution in [0.1, 0.15) is 48.4 Å². The van der Waals surface area contributed by atoms with Gasteiger partial charge in [0.15, 0.2) is 11.5 Å². The van der Waals surface area contributed by atoms with E-state index in [0.717, 1.165) is 29.4 Å². The Morgan fingerprint density at radius 3 is 2.61 bits per heavy atom. The fourth-order valence-electron chi connectivity index (χ4n) is 4.25. The smallest absolute Gasteiger partial charge is 0.161 e. The fourth-order valence-corrected chi connectivity index (χ4v) is 5.10. The van der Waals surface area contributed by atoms with Crippen LogP contribution >= 0.6 is 11.3 Å². The Labute approximate surface area is 190 Å². The first-order valence-electron chi connectivity index (χ1n) is 11.2. The zero-order valence-corrected chi connectivity index (χ0v) is 20.2. The van der Waals surface area contributed by atoms with Crippen molar-refractivity contribution in [1.82, 2.24) is 14.8 Å². The maximum Gasteiger partial charge on any atom is 0.161 e. The Hall–Kier alpha value is -1.67. The summed E-state index contributed by atoms with van der Waals surface area (Å²) in [7, 11) is 5.85. The van der Waals surface area contributed by atoms with E-state index in [0.29, 0.717) is 24.1 Å². The zero-order valence-electron chi connectivity index (χ0n) is 19.3. The molecular weight excluding hydrogens is 410 g/mol. The summed E-state index contributed by atoms with van der Waals surface area (Å²) in [5.74, 6) is 1.37. The third-order valence-electron chi connectivity index (χ3n) is 5.88. The number of hydrogen-bond donors (Lipinski definition) is 1. The van der Waals surface area contributed by atoms with Crippen LogP contribution in [0.15, 0.2) is 23.6 Å². The predicted octanol–water partition coefficient (Wildman–Crippen LogP) is 4.10. The molecule has 0 unspecified atom stereocenters. The normalized spacial score (nSPS) is 16.1. The summed E-state index contributed by atoms with van der Waals surface area (Å²) in [5, 5.41) is 13.7. The van der Waals surface area contributed by atoms with Gasteiger partial charge in [0.05, 0.1) is 13.7 Å². The SMILES string of the molecule is COc1cc(CN(C)Cc2nc(C)cs2)ccc1OC[C@H](O)CN(C)C1CCCCC1. The molecule has 1 atom stereocenters. The second-order valence-electron chi connectivity index (χ2n) is 8.74. The van der Waals surface area contributed by atoms with Crippen molar-refractivity contribution < 1.29 is 14.6 Å². The van der Waals surface area contributed by atoms with Crippen molar-refractivity contribution in [1.29, 1.82) is 0 Å². The molecular formula is C24H37N3O3S. The molecule has 1 aromatic carbocycles. The lowest BCUT2D eigenvalue weighted by Gasteiger charge is -2.32. The van der Waals surface area contributed by atoms with Crippen LogP contribution in [-0.2, 0) is 13.1 Å². The van der Waals surface area contributed by atoms with Gasteiger partial charge in [0.25, 0.3) is 0 Å². The Morgan fingerprint density at radius 1 is 1.16 bits per heavy atom. The minimum atomic E-state index is -0.524. The highest BCUT2D eigenvalue weighted by atomic mass is 32.1. The summed E-state index contributed by atoms with van der Waals surface area (Å²) in [5.41, 5.74) is 2.22. The van der Waals surface area contributed by atoms with Crippen molar-refractivity contribution in [3.8, 4) is 11.5 Å². The van der Waals surface area contributed by atoms with Crippen molar-refractivity contribution in [3.63, 3.8) is 0 Å². The average Bonchev–Trinajstić information content (AvgIpc) is 3.17. The molecule has 1 aliphatic carbocycles. The standard InChI is InChI=1S/C24H37N3O3S/c1-18-17-31-24(25-18)15-26(2)13-19-10-11-22(23(12-19)29-4)30-16-21(28)14-27(3)20-8-6-5-7-9-20/h10-12,17,20-21,28H,5-9,13-16H2,1-4H3/t21-/m1/s1. The Kier molecular flexibility index (Phi) is 9.14. The van der Waals surface area contributed by atoms with Crippen molar-refractivity contribution in [2.75, 3.05) is 34.4 Å². The number of aliphatic hydroxyl groups is 1. The van der Waals surface area contributed by atoms with E-state index in [4.69, 9.17) is 9.47 Å². The molecule has 3 rings (SSSR count). The third kappa shape index (κ3) is 7.45. The van der Waals surface area contributed by atoms with Crippen molar-refractivity contribution >= 4 is 11.3 Å². The van der Waals surface area contributed by atoms with Crippen LogP contribution in [0.3, 0.4) is 0 Å². The van der Waals surface area contributed by atoms with E-state index >= 15 is 0 Å². The van der Waals surface area contributed by atoms with E-state index < -0.39 is 6.10 Å². The Bertz CT molecular complexity index is 807. The van der Waals surface area contributed by atoms with Crippen LogP contribution in [0.4, 0.5) is 0 Å². The summed E-state index contributed by atoms with van der Waals surface area (Å²) in [6.45, 7) is 4.53. The highest BCUT2D eigenvalue weighted by Crippen LogP contribution is 2.29. The molecule has 7 heteroatoms. The van der Waals surface area contributed by atoms with E-state index in [1.54, 1.807) is 18.4 Å². The lowest BCUT2D eigenvalue weighted by Crippen LogP contribution is -2.40. The maximum absolute atomic E-state index is 10.5. The molecule has 1 N–H and O–H groups in total. The summed E-state index contributed by atoms with van der Waals surface area (Å²) in [6, 6.07) is 6.59. The molecule has 1 heterocycles. The van der Waals surface area contributed by atoms with Crippen LogP contribution in [0.25, 0.3) is 0 Å². The molecule has 0 bridgehead atoms. The molecule has 1 aliphatic rings. The molecule has 2 aromatic rings. The molecule has 172 valence electrons. The second kappa shape index (κ2) is 11.8. The van der Waals surface area contributed by atoms with Crippen LogP contribution in [0.5, 0.6) is 11.5 Å². The van der Waals surface area contributed by atoms with Crippen molar-refractivity contribution in [2.45, 2.75) is 64.3 Å². The minimum Gasteiger partial charge on any atom is -0.493 e. The number of benzene rings is 1. The molecule has 0 radical (unpaired) electrons. The zero-order chi connectivity index (χ0) is 22.2. The van der Waals surface area contributed by atoms with Gasteiger partial charge in [-0.3, -0.25) is 4.90 Å². The van der Waals surface area contributed by atoms with E-state index in [9.17, 15) is 5.11 Å². The molecule has 6 nitrogen and oxygen atoms in total. The quantitative estimate of drug-likeness (QED) is 0.560. The molecule has 1 fully saturated rings. The summed E-state index contributed by atoms with van der Waals surface area (Å²) in [6.07, 6.45) is 5.87. The molecule has 0 amide bonds. The van der Waals surface area contributed by atoms with E-state index in [-0.39, 0.29) is 6.61 Å². The van der Waals surface area contributed by atoms with Crippen molar-refractivity contribution in [2.24, 2.45) is 0 Å².